The number of carbonyl (C=O) groups excluding carboxylic acids is 1. The number of alkyl halides is 4. The summed E-state index contributed by atoms with van der Waals surface area (Å²) >= 11 is 0.901. The molecular formula is C13H14F4OS. The molecule has 0 bridgehead atoms. The number of halogens is 4. The third-order valence-electron chi connectivity index (χ3n) is 2.49. The maximum absolute atomic E-state index is 13.0. The van der Waals surface area contributed by atoms with E-state index in [9.17, 15) is 22.4 Å². The Labute approximate surface area is 113 Å². The second-order valence-electron chi connectivity index (χ2n) is 3.99. The Bertz CT molecular complexity index is 397. The van der Waals surface area contributed by atoms with Crippen LogP contribution in [-0.4, -0.2) is 29.6 Å². The number of hydrogen-bond donors (Lipinski definition) is 0. The fourth-order valence-electron chi connectivity index (χ4n) is 1.40. The normalized spacial score (nSPS) is 13.3. The van der Waals surface area contributed by atoms with Gasteiger partial charge in [0.25, 0.3) is 5.92 Å². The molecule has 0 saturated carbocycles. The van der Waals surface area contributed by atoms with Crippen molar-refractivity contribution in [3.8, 4) is 0 Å². The van der Waals surface area contributed by atoms with E-state index in [1.807, 2.05) is 0 Å². The number of hydrogen-bond acceptors (Lipinski definition) is 2. The molecule has 1 aromatic rings. The summed E-state index contributed by atoms with van der Waals surface area (Å²) in [7, 11) is 0. The molecule has 1 aromatic carbocycles. The first-order valence-corrected chi connectivity index (χ1v) is 6.76. The van der Waals surface area contributed by atoms with Gasteiger partial charge in [-0.25, -0.2) is 17.6 Å². The molecule has 0 aliphatic heterocycles. The molecule has 0 heterocycles. The Balaban J connectivity index is 2.30. The van der Waals surface area contributed by atoms with Crippen LogP contribution in [0.1, 0.15) is 23.2 Å². The summed E-state index contributed by atoms with van der Waals surface area (Å²) in [5, 5.41) is -0.216. The summed E-state index contributed by atoms with van der Waals surface area (Å²) in [5.74, 6) is -3.51. The zero-order chi connectivity index (χ0) is 14.3. The Morgan fingerprint density at radius 3 is 2.47 bits per heavy atom. The van der Waals surface area contributed by atoms with Crippen LogP contribution in [0.4, 0.5) is 17.6 Å². The molecule has 0 saturated heterocycles. The molecule has 0 N–H and O–H groups in total. The lowest BCUT2D eigenvalue weighted by Crippen LogP contribution is -2.31. The van der Waals surface area contributed by atoms with Crippen LogP contribution < -0.4 is 0 Å². The molecule has 0 fully saturated rings. The van der Waals surface area contributed by atoms with Crippen LogP contribution in [0.3, 0.4) is 0 Å². The lowest BCUT2D eigenvalue weighted by atomic mass is 10.1. The molecule has 1 rings (SSSR count). The van der Waals surface area contributed by atoms with Gasteiger partial charge in [-0.05, 0) is 6.42 Å². The molecule has 19 heavy (non-hydrogen) atoms. The summed E-state index contributed by atoms with van der Waals surface area (Å²) < 4.78 is 50.3. The van der Waals surface area contributed by atoms with E-state index in [1.54, 1.807) is 30.3 Å². The molecule has 0 spiro atoms. The van der Waals surface area contributed by atoms with Gasteiger partial charge in [-0.15, -0.1) is 0 Å². The van der Waals surface area contributed by atoms with Gasteiger partial charge in [0.15, 0.2) is 6.17 Å². The quantitative estimate of drug-likeness (QED) is 0.551. The average molecular weight is 294 g/mol. The van der Waals surface area contributed by atoms with Crippen LogP contribution >= 0.6 is 11.8 Å². The minimum Gasteiger partial charge on any atom is -0.282 e. The fourth-order valence-corrected chi connectivity index (χ4v) is 2.18. The molecule has 1 nitrogen and oxygen atoms in total. The number of benzene rings is 1. The number of carbonyl (C=O) groups is 1. The first kappa shape index (κ1) is 16.0. The summed E-state index contributed by atoms with van der Waals surface area (Å²) in [5.41, 5.74) is 0.492. The Hall–Kier alpha value is -1.04. The van der Waals surface area contributed by atoms with E-state index in [1.165, 1.54) is 0 Å². The highest BCUT2D eigenvalue weighted by molar-refractivity contribution is 8.14. The van der Waals surface area contributed by atoms with Gasteiger partial charge in [0.2, 0.25) is 5.12 Å². The van der Waals surface area contributed by atoms with Gasteiger partial charge < -0.3 is 0 Å². The van der Waals surface area contributed by atoms with Gasteiger partial charge in [-0.1, -0.05) is 42.1 Å². The molecule has 6 heteroatoms. The predicted molar refractivity (Wildman–Crippen MR) is 68.3 cm³/mol. The van der Waals surface area contributed by atoms with Crippen LogP contribution in [0.25, 0.3) is 0 Å². The van der Waals surface area contributed by atoms with Crippen molar-refractivity contribution in [2.24, 2.45) is 0 Å². The van der Waals surface area contributed by atoms with Crippen LogP contribution in [0, 0.1) is 0 Å². The highest BCUT2D eigenvalue weighted by Crippen LogP contribution is 2.28. The van der Waals surface area contributed by atoms with Crippen molar-refractivity contribution in [2.45, 2.75) is 24.9 Å². The van der Waals surface area contributed by atoms with Crippen molar-refractivity contribution in [2.75, 3.05) is 12.4 Å². The van der Waals surface area contributed by atoms with Gasteiger partial charge >= 0.3 is 0 Å². The monoisotopic (exact) mass is 294 g/mol. The van der Waals surface area contributed by atoms with Crippen molar-refractivity contribution in [3.05, 3.63) is 35.9 Å². The van der Waals surface area contributed by atoms with Crippen molar-refractivity contribution in [3.63, 3.8) is 0 Å². The third-order valence-corrected chi connectivity index (χ3v) is 3.48. The SMILES string of the molecule is O=C(SCCCC(F)(F)C(F)CF)c1ccccc1. The zero-order valence-corrected chi connectivity index (χ0v) is 10.9. The number of thioether (sulfide) groups is 1. The second-order valence-corrected chi connectivity index (χ2v) is 5.06. The van der Waals surface area contributed by atoms with E-state index < -0.39 is 25.2 Å². The first-order chi connectivity index (χ1) is 8.97. The van der Waals surface area contributed by atoms with E-state index in [0.717, 1.165) is 11.8 Å². The molecule has 106 valence electrons. The van der Waals surface area contributed by atoms with E-state index >= 15 is 0 Å². The molecular weight excluding hydrogens is 280 g/mol. The molecule has 0 amide bonds. The van der Waals surface area contributed by atoms with Gasteiger partial charge in [-0.3, -0.25) is 4.79 Å². The van der Waals surface area contributed by atoms with E-state index in [0.29, 0.717) is 5.56 Å². The Morgan fingerprint density at radius 2 is 1.89 bits per heavy atom. The topological polar surface area (TPSA) is 17.1 Å². The van der Waals surface area contributed by atoms with Crippen molar-refractivity contribution >= 4 is 16.9 Å². The van der Waals surface area contributed by atoms with Crippen LogP contribution in [-0.2, 0) is 0 Å². The van der Waals surface area contributed by atoms with Gasteiger partial charge in [-0.2, -0.15) is 0 Å². The van der Waals surface area contributed by atoms with Crippen molar-refractivity contribution in [1.29, 1.82) is 0 Å². The summed E-state index contributed by atoms with van der Waals surface area (Å²) in [6.07, 6.45) is -3.56. The van der Waals surface area contributed by atoms with Crippen molar-refractivity contribution < 1.29 is 22.4 Å². The Kier molecular flexibility index (Phi) is 6.34. The molecule has 1 atom stereocenters. The summed E-state index contributed by atoms with van der Waals surface area (Å²) in [6.45, 7) is -1.69. The zero-order valence-electron chi connectivity index (χ0n) is 10.1. The van der Waals surface area contributed by atoms with Crippen molar-refractivity contribution in [1.82, 2.24) is 0 Å². The minimum atomic E-state index is -3.66. The van der Waals surface area contributed by atoms with Crippen LogP contribution in [0.5, 0.6) is 0 Å². The Morgan fingerprint density at radius 1 is 1.26 bits per heavy atom. The maximum atomic E-state index is 13.0. The lowest BCUT2D eigenvalue weighted by Gasteiger charge is -2.17. The molecule has 0 aliphatic rings. The first-order valence-electron chi connectivity index (χ1n) is 5.77. The predicted octanol–water partition coefficient (Wildman–Crippen LogP) is 4.28. The van der Waals surface area contributed by atoms with Crippen LogP contribution in [0.15, 0.2) is 30.3 Å². The molecule has 1 unspecified atom stereocenters. The van der Waals surface area contributed by atoms with Gasteiger partial charge in [0, 0.05) is 17.7 Å². The van der Waals surface area contributed by atoms with E-state index in [4.69, 9.17) is 0 Å². The molecule has 0 aliphatic carbocycles. The summed E-state index contributed by atoms with van der Waals surface area (Å²) in [6, 6.07) is 8.43. The van der Waals surface area contributed by atoms with Gasteiger partial charge in [0.05, 0.1) is 0 Å². The average Bonchev–Trinajstić information content (AvgIpc) is 2.43. The third kappa shape index (κ3) is 5.22. The highest BCUT2D eigenvalue weighted by atomic mass is 32.2. The van der Waals surface area contributed by atoms with E-state index in [2.05, 4.69) is 0 Å². The number of rotatable bonds is 7. The standard InChI is InChI=1S/C13H14F4OS/c14-9-11(15)13(16,17)7-4-8-19-12(18)10-5-2-1-3-6-10/h1-3,5-6,11H,4,7-9H2. The molecule has 0 radical (unpaired) electrons. The minimum absolute atomic E-state index is 0.0450. The highest BCUT2D eigenvalue weighted by Gasteiger charge is 2.39. The lowest BCUT2D eigenvalue weighted by molar-refractivity contribution is -0.0851. The smallest absolute Gasteiger partial charge is 0.281 e. The molecule has 0 aromatic heterocycles. The van der Waals surface area contributed by atoms with Crippen LogP contribution in [0.2, 0.25) is 0 Å². The maximum Gasteiger partial charge on any atom is 0.281 e. The largest absolute Gasteiger partial charge is 0.282 e. The van der Waals surface area contributed by atoms with E-state index in [-0.39, 0.29) is 17.3 Å². The summed E-state index contributed by atoms with van der Waals surface area (Å²) in [4.78, 5) is 11.6. The van der Waals surface area contributed by atoms with Gasteiger partial charge in [0.1, 0.15) is 6.67 Å². The second kappa shape index (κ2) is 7.53. The fraction of sp³-hybridized carbons (Fsp3) is 0.462.